The fraction of sp³-hybridized carbons (Fsp3) is 0.556. The van der Waals surface area contributed by atoms with Gasteiger partial charge in [0.2, 0.25) is 0 Å². The Morgan fingerprint density at radius 3 is 1.03 bits per heavy atom. The fourth-order valence-electron chi connectivity index (χ4n) is 8.16. The highest BCUT2D eigenvalue weighted by atomic mass is 16.5. The van der Waals surface area contributed by atoms with Gasteiger partial charge in [0.05, 0.1) is 0 Å². The van der Waals surface area contributed by atoms with Crippen molar-refractivity contribution in [3.05, 3.63) is 137 Å². The maximum absolute atomic E-state index is 12.2. The first-order valence-electron chi connectivity index (χ1n) is 23.5. The Kier molecular flexibility index (Phi) is 24.2. The molecule has 0 bridgehead atoms. The van der Waals surface area contributed by atoms with Crippen LogP contribution in [-0.4, -0.2) is 24.9 Å². The molecule has 4 nitrogen and oxygen atoms in total. The largest absolute Gasteiger partial charge is 0.508 e. The predicted molar refractivity (Wildman–Crippen MR) is 245 cm³/mol. The van der Waals surface area contributed by atoms with E-state index in [9.17, 15) is 5.11 Å². The van der Waals surface area contributed by atoms with Crippen LogP contribution in [0.5, 0.6) is 5.75 Å². The van der Waals surface area contributed by atoms with Crippen LogP contribution < -0.4 is 0 Å². The van der Waals surface area contributed by atoms with Crippen molar-refractivity contribution in [3.63, 3.8) is 0 Å². The van der Waals surface area contributed by atoms with Gasteiger partial charge in [-0.2, -0.15) is 0 Å². The second-order valence-corrected chi connectivity index (χ2v) is 16.3. The number of rotatable bonds is 33. The zero-order chi connectivity index (χ0) is 40.9. The molecule has 0 spiro atoms. The molecule has 4 heteroatoms. The topological polar surface area (TPSA) is 47.9 Å². The summed E-state index contributed by atoms with van der Waals surface area (Å²) in [5.74, 6) is 0.228. The van der Waals surface area contributed by atoms with E-state index in [0.29, 0.717) is 19.8 Å². The first-order valence-corrected chi connectivity index (χ1v) is 23.5. The number of benzene rings is 4. The molecular weight excluding hydrogens is 713 g/mol. The summed E-state index contributed by atoms with van der Waals surface area (Å²) in [6.07, 6.45) is 24.4. The lowest BCUT2D eigenvalue weighted by atomic mass is 9.84. The summed E-state index contributed by atoms with van der Waals surface area (Å²) in [6.45, 7) is 8.72. The number of aromatic hydroxyl groups is 1. The molecule has 4 aromatic carbocycles. The van der Waals surface area contributed by atoms with Crippen LogP contribution >= 0.6 is 0 Å². The van der Waals surface area contributed by atoms with Crippen molar-refractivity contribution in [2.24, 2.45) is 0 Å². The van der Waals surface area contributed by atoms with Gasteiger partial charge in [0.15, 0.2) is 0 Å². The number of hydrogen-bond acceptors (Lipinski definition) is 4. The van der Waals surface area contributed by atoms with Gasteiger partial charge >= 0.3 is 0 Å². The molecule has 4 aromatic rings. The van der Waals surface area contributed by atoms with Gasteiger partial charge in [-0.25, -0.2) is 0 Å². The van der Waals surface area contributed by atoms with Crippen LogP contribution in [0.3, 0.4) is 0 Å². The number of phenols is 1. The molecule has 0 saturated carbocycles. The summed E-state index contributed by atoms with van der Waals surface area (Å²) in [5, 5.41) is 12.2. The maximum Gasteiger partial charge on any atom is 0.122 e. The van der Waals surface area contributed by atoms with Gasteiger partial charge in [-0.1, -0.05) is 233 Å². The van der Waals surface area contributed by atoms with Crippen molar-refractivity contribution < 1.29 is 19.3 Å². The van der Waals surface area contributed by atoms with Gasteiger partial charge in [-0.3, -0.25) is 0 Å². The first-order chi connectivity index (χ1) is 28.7. The van der Waals surface area contributed by atoms with E-state index in [4.69, 9.17) is 14.2 Å². The summed E-state index contributed by atoms with van der Waals surface area (Å²) in [4.78, 5) is 0. The van der Waals surface area contributed by atoms with Crippen molar-refractivity contribution in [2.45, 2.75) is 174 Å². The lowest BCUT2D eigenvalue weighted by Crippen LogP contribution is -2.20. The Balaban J connectivity index is 1.77. The zero-order valence-electron chi connectivity index (χ0n) is 36.7. The number of phenolic OH excluding ortho intramolecular Hbond substituents is 1. The van der Waals surface area contributed by atoms with E-state index in [1.54, 1.807) is 0 Å². The van der Waals surface area contributed by atoms with Crippen LogP contribution in [-0.2, 0) is 14.2 Å². The van der Waals surface area contributed by atoms with Crippen molar-refractivity contribution in [2.75, 3.05) is 19.8 Å². The van der Waals surface area contributed by atoms with Gasteiger partial charge in [0.1, 0.15) is 24.1 Å². The number of hydrogen-bond donors (Lipinski definition) is 1. The average molecular weight is 791 g/mol. The molecule has 0 aliphatic rings. The Morgan fingerprint density at radius 1 is 0.345 bits per heavy atom. The molecule has 0 radical (unpaired) electrons. The molecule has 318 valence electrons. The van der Waals surface area contributed by atoms with Crippen LogP contribution in [0.25, 0.3) is 0 Å². The molecule has 4 rings (SSSR count). The van der Waals surface area contributed by atoms with Crippen LogP contribution in [0.1, 0.15) is 207 Å². The van der Waals surface area contributed by atoms with Crippen LogP contribution in [0, 0.1) is 0 Å². The Morgan fingerprint density at radius 2 is 0.655 bits per heavy atom. The van der Waals surface area contributed by atoms with Crippen LogP contribution in [0.15, 0.2) is 103 Å². The Bertz CT molecular complexity index is 1570. The van der Waals surface area contributed by atoms with E-state index in [2.05, 4.69) is 118 Å². The zero-order valence-corrected chi connectivity index (χ0v) is 36.7. The molecule has 1 N–H and O–H groups in total. The maximum atomic E-state index is 12.2. The lowest BCUT2D eigenvalue weighted by molar-refractivity contribution is 0.0522. The summed E-state index contributed by atoms with van der Waals surface area (Å²) in [6, 6.07) is 35.6. The molecule has 0 fully saturated rings. The third-order valence-electron chi connectivity index (χ3n) is 11.5. The molecule has 0 aliphatic carbocycles. The summed E-state index contributed by atoms with van der Waals surface area (Å²) in [7, 11) is 0. The molecule has 3 atom stereocenters. The third-order valence-corrected chi connectivity index (χ3v) is 11.5. The van der Waals surface area contributed by atoms with E-state index >= 15 is 0 Å². The summed E-state index contributed by atoms with van der Waals surface area (Å²) in [5.41, 5.74) is 5.95. The molecule has 0 aliphatic heterocycles. The molecule has 0 saturated heterocycles. The monoisotopic (exact) mass is 791 g/mol. The molecular formula is C54H78O4. The molecule has 0 amide bonds. The smallest absolute Gasteiger partial charge is 0.122 e. The second-order valence-electron chi connectivity index (χ2n) is 16.3. The Labute approximate surface area is 354 Å². The number of ether oxygens (including phenoxy) is 3. The summed E-state index contributed by atoms with van der Waals surface area (Å²) < 4.78 is 21.1. The van der Waals surface area contributed by atoms with E-state index in [1.807, 2.05) is 6.07 Å². The highest BCUT2D eigenvalue weighted by molar-refractivity contribution is 5.54. The van der Waals surface area contributed by atoms with Crippen molar-refractivity contribution in [3.8, 4) is 5.75 Å². The highest BCUT2D eigenvalue weighted by Gasteiger charge is 2.33. The average Bonchev–Trinajstić information content (AvgIpc) is 3.26. The van der Waals surface area contributed by atoms with E-state index < -0.39 is 12.2 Å². The Hall–Kier alpha value is -3.44. The minimum atomic E-state index is -0.482. The second kappa shape index (κ2) is 29.7. The molecule has 0 heterocycles. The van der Waals surface area contributed by atoms with Crippen LogP contribution in [0.4, 0.5) is 0 Å². The standard InChI is InChI=1S/C54H78O4/c1-4-7-10-13-16-19-31-42-56-52(45-34-25-22-26-35-45)48-40-41-49(55)51(54(47-38-29-24-30-39-47)58-44-33-21-18-15-12-9-6-3)50(48)53(46-36-27-23-28-37-46)57-43-32-20-17-14-11-8-5-2/h22-30,34-41,52-55H,4-21,31-33,42-44H2,1-3H3. The molecule has 3 unspecified atom stereocenters. The quantitative estimate of drug-likeness (QED) is 0.0488. The van der Waals surface area contributed by atoms with E-state index in [1.165, 1.54) is 96.3 Å². The van der Waals surface area contributed by atoms with Crippen molar-refractivity contribution in [1.82, 2.24) is 0 Å². The van der Waals surface area contributed by atoms with E-state index in [0.717, 1.165) is 71.9 Å². The molecule has 58 heavy (non-hydrogen) atoms. The normalized spacial score (nSPS) is 13.1. The highest BCUT2D eigenvalue weighted by Crippen LogP contribution is 2.46. The lowest BCUT2D eigenvalue weighted by Gasteiger charge is -2.32. The first kappa shape index (κ1) is 47.2. The minimum Gasteiger partial charge on any atom is -0.508 e. The van der Waals surface area contributed by atoms with Crippen molar-refractivity contribution in [1.29, 1.82) is 0 Å². The van der Waals surface area contributed by atoms with Crippen LogP contribution in [0.2, 0.25) is 0 Å². The molecule has 0 aromatic heterocycles. The SMILES string of the molecule is CCCCCCCCCOC(c1ccccc1)c1ccc(O)c(C(OCCCCCCCCC)c2ccccc2)c1C(OCCCCCCCCC)c1ccccc1. The van der Waals surface area contributed by atoms with Gasteiger partial charge in [0.25, 0.3) is 0 Å². The number of unbranched alkanes of at least 4 members (excludes halogenated alkanes) is 18. The van der Waals surface area contributed by atoms with E-state index in [-0.39, 0.29) is 11.9 Å². The predicted octanol–water partition coefficient (Wildman–Crippen LogP) is 16.0. The van der Waals surface area contributed by atoms with Gasteiger partial charge in [-0.15, -0.1) is 0 Å². The van der Waals surface area contributed by atoms with Gasteiger partial charge in [-0.05, 0) is 47.6 Å². The van der Waals surface area contributed by atoms with Crippen molar-refractivity contribution >= 4 is 0 Å². The minimum absolute atomic E-state index is 0.228. The van der Waals surface area contributed by atoms with Gasteiger partial charge < -0.3 is 19.3 Å². The third kappa shape index (κ3) is 16.7. The summed E-state index contributed by atoms with van der Waals surface area (Å²) >= 11 is 0. The fourth-order valence-corrected chi connectivity index (χ4v) is 8.16. The van der Waals surface area contributed by atoms with Gasteiger partial charge in [0, 0.05) is 30.9 Å².